The highest BCUT2D eigenvalue weighted by molar-refractivity contribution is 4.89. The van der Waals surface area contributed by atoms with Gasteiger partial charge in [0.05, 0.1) is 12.2 Å². The molecule has 0 amide bonds. The van der Waals surface area contributed by atoms with Gasteiger partial charge in [0.25, 0.3) is 0 Å². The molecule has 2 aliphatic rings. The van der Waals surface area contributed by atoms with Crippen molar-refractivity contribution in [1.29, 1.82) is 0 Å². The zero-order chi connectivity index (χ0) is 15.0. The fourth-order valence-electron chi connectivity index (χ4n) is 4.13. The topological polar surface area (TPSA) is 21.3 Å². The van der Waals surface area contributed by atoms with Crippen LogP contribution in [-0.4, -0.2) is 25.3 Å². The Bertz CT molecular complexity index is 259. The molecule has 0 heterocycles. The van der Waals surface area contributed by atoms with Gasteiger partial charge in [-0.15, -0.1) is 0 Å². The van der Waals surface area contributed by atoms with Gasteiger partial charge in [0.15, 0.2) is 0 Å². The number of rotatable bonds is 8. The monoisotopic (exact) mass is 295 g/mol. The second-order valence-corrected chi connectivity index (χ2v) is 7.53. The van der Waals surface area contributed by atoms with Crippen LogP contribution in [0.2, 0.25) is 0 Å². The molecule has 0 bridgehead atoms. The van der Waals surface area contributed by atoms with Crippen molar-refractivity contribution >= 4 is 0 Å². The number of hydrogen-bond acceptors (Lipinski definition) is 2. The quantitative estimate of drug-likeness (QED) is 0.642. The van der Waals surface area contributed by atoms with Crippen molar-refractivity contribution in [1.82, 2.24) is 5.32 Å². The number of hydrogen-bond donors (Lipinski definition) is 1. The Labute approximate surface area is 132 Å². The van der Waals surface area contributed by atoms with E-state index in [0.29, 0.717) is 0 Å². The minimum Gasteiger partial charge on any atom is -0.373 e. The second-order valence-electron chi connectivity index (χ2n) is 7.53. The van der Waals surface area contributed by atoms with Gasteiger partial charge in [0.2, 0.25) is 0 Å². The normalized spacial score (nSPS) is 31.4. The third-order valence-electron chi connectivity index (χ3n) is 5.82. The van der Waals surface area contributed by atoms with Crippen LogP contribution in [0.15, 0.2) is 0 Å². The zero-order valence-corrected chi connectivity index (χ0v) is 14.5. The molecule has 0 aromatic heterocycles. The summed E-state index contributed by atoms with van der Waals surface area (Å²) in [5.41, 5.74) is 0.151. The highest BCUT2D eigenvalue weighted by atomic mass is 16.5. The molecule has 0 saturated heterocycles. The summed E-state index contributed by atoms with van der Waals surface area (Å²) in [6.45, 7) is 7.81. The standard InChI is InChI=1S/C19H37NO/c1-3-14-20-16-19(12-10-17(4-2)11-13-19)21-15-18-8-6-5-7-9-18/h17-18,20H,3-16H2,1-2H3. The van der Waals surface area contributed by atoms with Crippen LogP contribution >= 0.6 is 0 Å². The van der Waals surface area contributed by atoms with E-state index in [0.717, 1.165) is 31.5 Å². The Balaban J connectivity index is 1.82. The molecule has 0 spiro atoms. The molecule has 2 nitrogen and oxygen atoms in total. The molecule has 21 heavy (non-hydrogen) atoms. The molecule has 1 N–H and O–H groups in total. The highest BCUT2D eigenvalue weighted by Gasteiger charge is 2.36. The van der Waals surface area contributed by atoms with Crippen molar-refractivity contribution in [2.24, 2.45) is 11.8 Å². The lowest BCUT2D eigenvalue weighted by Gasteiger charge is -2.41. The Morgan fingerprint density at radius 2 is 1.67 bits per heavy atom. The fourth-order valence-corrected chi connectivity index (χ4v) is 4.13. The van der Waals surface area contributed by atoms with Gasteiger partial charge < -0.3 is 10.1 Å². The van der Waals surface area contributed by atoms with Crippen molar-refractivity contribution in [3.8, 4) is 0 Å². The van der Waals surface area contributed by atoms with E-state index < -0.39 is 0 Å². The van der Waals surface area contributed by atoms with Crippen LogP contribution in [0, 0.1) is 11.8 Å². The van der Waals surface area contributed by atoms with Crippen LogP contribution in [0.4, 0.5) is 0 Å². The van der Waals surface area contributed by atoms with Crippen LogP contribution in [0.5, 0.6) is 0 Å². The van der Waals surface area contributed by atoms with E-state index in [9.17, 15) is 0 Å². The highest BCUT2D eigenvalue weighted by Crippen LogP contribution is 2.37. The minimum atomic E-state index is 0.151. The Morgan fingerprint density at radius 3 is 2.29 bits per heavy atom. The van der Waals surface area contributed by atoms with Crippen molar-refractivity contribution in [3.63, 3.8) is 0 Å². The Morgan fingerprint density at radius 1 is 0.952 bits per heavy atom. The van der Waals surface area contributed by atoms with E-state index in [-0.39, 0.29) is 5.60 Å². The summed E-state index contributed by atoms with van der Waals surface area (Å²) < 4.78 is 6.59. The van der Waals surface area contributed by atoms with E-state index in [4.69, 9.17) is 4.74 Å². The molecular formula is C19H37NO. The van der Waals surface area contributed by atoms with Gasteiger partial charge >= 0.3 is 0 Å². The molecule has 0 unspecified atom stereocenters. The molecule has 0 aromatic carbocycles. The molecule has 2 saturated carbocycles. The lowest BCUT2D eigenvalue weighted by molar-refractivity contribution is -0.0919. The average molecular weight is 296 g/mol. The zero-order valence-electron chi connectivity index (χ0n) is 14.5. The van der Waals surface area contributed by atoms with Crippen molar-refractivity contribution in [3.05, 3.63) is 0 Å². The maximum atomic E-state index is 6.59. The van der Waals surface area contributed by atoms with Crippen LogP contribution < -0.4 is 5.32 Å². The summed E-state index contributed by atoms with van der Waals surface area (Å²) in [5.74, 6) is 1.79. The SMILES string of the molecule is CCCNCC1(OCC2CCCCC2)CCC(CC)CC1. The van der Waals surface area contributed by atoms with Crippen LogP contribution in [0.3, 0.4) is 0 Å². The maximum Gasteiger partial charge on any atom is 0.0806 e. The van der Waals surface area contributed by atoms with Gasteiger partial charge in [-0.1, -0.05) is 39.5 Å². The second kappa shape index (κ2) is 9.15. The minimum absolute atomic E-state index is 0.151. The van der Waals surface area contributed by atoms with Gasteiger partial charge in [-0.2, -0.15) is 0 Å². The molecule has 2 heteroatoms. The van der Waals surface area contributed by atoms with Crippen molar-refractivity contribution in [2.75, 3.05) is 19.7 Å². The van der Waals surface area contributed by atoms with Gasteiger partial charge in [-0.05, 0) is 63.3 Å². The molecule has 2 rings (SSSR count). The van der Waals surface area contributed by atoms with E-state index in [1.165, 1.54) is 70.6 Å². The van der Waals surface area contributed by atoms with Gasteiger partial charge in [-0.3, -0.25) is 0 Å². The third-order valence-corrected chi connectivity index (χ3v) is 5.82. The summed E-state index contributed by atoms with van der Waals surface area (Å²) in [5, 5.41) is 3.64. The van der Waals surface area contributed by atoms with E-state index in [2.05, 4.69) is 19.2 Å². The predicted octanol–water partition coefficient (Wildman–Crippen LogP) is 4.92. The summed E-state index contributed by atoms with van der Waals surface area (Å²) in [6, 6.07) is 0. The lowest BCUT2D eigenvalue weighted by atomic mass is 9.77. The van der Waals surface area contributed by atoms with E-state index in [1.54, 1.807) is 0 Å². The molecule has 2 fully saturated rings. The van der Waals surface area contributed by atoms with Gasteiger partial charge in [-0.25, -0.2) is 0 Å². The first-order chi connectivity index (χ1) is 10.3. The maximum absolute atomic E-state index is 6.59. The predicted molar refractivity (Wildman–Crippen MR) is 90.7 cm³/mol. The summed E-state index contributed by atoms with van der Waals surface area (Å²) in [4.78, 5) is 0. The van der Waals surface area contributed by atoms with Crippen LogP contribution in [0.25, 0.3) is 0 Å². The van der Waals surface area contributed by atoms with E-state index >= 15 is 0 Å². The summed E-state index contributed by atoms with van der Waals surface area (Å²) >= 11 is 0. The first kappa shape index (κ1) is 17.3. The van der Waals surface area contributed by atoms with Crippen molar-refractivity contribution < 1.29 is 4.74 Å². The molecule has 0 atom stereocenters. The average Bonchev–Trinajstić information content (AvgIpc) is 2.55. The van der Waals surface area contributed by atoms with Gasteiger partial charge in [0, 0.05) is 6.54 Å². The van der Waals surface area contributed by atoms with Crippen molar-refractivity contribution in [2.45, 2.75) is 90.1 Å². The number of nitrogens with one attached hydrogen (secondary N) is 1. The Hall–Kier alpha value is -0.0800. The third kappa shape index (κ3) is 5.56. The largest absolute Gasteiger partial charge is 0.373 e. The van der Waals surface area contributed by atoms with Gasteiger partial charge in [0.1, 0.15) is 0 Å². The Kier molecular flexibility index (Phi) is 7.53. The first-order valence-corrected chi connectivity index (χ1v) is 9.62. The molecular weight excluding hydrogens is 258 g/mol. The lowest BCUT2D eigenvalue weighted by Crippen LogP contribution is -2.47. The molecule has 0 aromatic rings. The summed E-state index contributed by atoms with van der Waals surface area (Å²) in [6.07, 6.45) is 14.9. The van der Waals surface area contributed by atoms with Crippen LogP contribution in [0.1, 0.15) is 84.5 Å². The number of ether oxygens (including phenoxy) is 1. The summed E-state index contributed by atoms with van der Waals surface area (Å²) in [7, 11) is 0. The molecule has 0 radical (unpaired) electrons. The molecule has 2 aliphatic carbocycles. The smallest absolute Gasteiger partial charge is 0.0806 e. The van der Waals surface area contributed by atoms with Crippen LogP contribution in [-0.2, 0) is 4.74 Å². The molecule has 0 aliphatic heterocycles. The molecule has 124 valence electrons. The first-order valence-electron chi connectivity index (χ1n) is 9.62. The fraction of sp³-hybridized carbons (Fsp3) is 1.00. The van der Waals surface area contributed by atoms with E-state index in [1.807, 2.05) is 0 Å².